The predicted molar refractivity (Wildman–Crippen MR) is 104 cm³/mol. The smallest absolute Gasteiger partial charge is 0.115 e. The van der Waals surface area contributed by atoms with Gasteiger partial charge in [-0.1, -0.05) is 48.9 Å². The number of hydrogen-bond acceptors (Lipinski definition) is 3. The number of aliphatic hydroxyl groups excluding tert-OH is 1. The van der Waals surface area contributed by atoms with Crippen molar-refractivity contribution in [2.24, 2.45) is 5.92 Å². The molecule has 1 aliphatic heterocycles. The fourth-order valence-corrected chi connectivity index (χ4v) is 5.70. The van der Waals surface area contributed by atoms with Gasteiger partial charge in [-0.15, -0.1) is 0 Å². The van der Waals surface area contributed by atoms with E-state index in [0.717, 1.165) is 45.1 Å². The normalized spacial score (nSPS) is 30.9. The molecule has 2 aromatic rings. The summed E-state index contributed by atoms with van der Waals surface area (Å²) in [4.78, 5) is 0. The van der Waals surface area contributed by atoms with Gasteiger partial charge >= 0.3 is 0 Å². The fourth-order valence-electron chi connectivity index (χ4n) is 5.70. The Hall–Kier alpha value is -1.84. The number of phenols is 1. The van der Waals surface area contributed by atoms with Crippen molar-refractivity contribution in [3.8, 4) is 5.75 Å². The number of aromatic hydroxyl groups is 1. The molecular weight excluding hydrogens is 322 g/mol. The molecule has 1 saturated carbocycles. The van der Waals surface area contributed by atoms with Crippen LogP contribution in [0.4, 0.5) is 0 Å². The molecule has 3 unspecified atom stereocenters. The van der Waals surface area contributed by atoms with Crippen LogP contribution in [-0.2, 0) is 11.8 Å². The van der Waals surface area contributed by atoms with Crippen LogP contribution < -0.4 is 5.32 Å². The third kappa shape index (κ3) is 2.93. The highest BCUT2D eigenvalue weighted by molar-refractivity contribution is 5.37. The van der Waals surface area contributed by atoms with Gasteiger partial charge in [0.25, 0.3) is 0 Å². The minimum atomic E-state index is -0.0340. The minimum absolute atomic E-state index is 0.0213. The van der Waals surface area contributed by atoms with Crippen molar-refractivity contribution >= 4 is 0 Å². The Morgan fingerprint density at radius 2 is 1.85 bits per heavy atom. The Morgan fingerprint density at radius 1 is 1.00 bits per heavy atom. The number of rotatable bonds is 5. The number of phenolic OH excluding ortho intramolecular Hbond substituents is 1. The summed E-state index contributed by atoms with van der Waals surface area (Å²) in [6.45, 7) is 1.17. The third-order valence-electron chi connectivity index (χ3n) is 6.93. The summed E-state index contributed by atoms with van der Waals surface area (Å²) in [5, 5.41) is 24.3. The van der Waals surface area contributed by atoms with Crippen LogP contribution >= 0.6 is 0 Å². The van der Waals surface area contributed by atoms with Crippen LogP contribution in [0, 0.1) is 5.92 Å². The average Bonchev–Trinajstić information content (AvgIpc) is 2.66. The zero-order chi connectivity index (χ0) is 18.0. The molecule has 2 bridgehead atoms. The van der Waals surface area contributed by atoms with E-state index in [-0.39, 0.29) is 23.5 Å². The summed E-state index contributed by atoms with van der Waals surface area (Å²) >= 11 is 0. The number of benzene rings is 2. The van der Waals surface area contributed by atoms with Gasteiger partial charge in [0.1, 0.15) is 5.75 Å². The highest BCUT2D eigenvalue weighted by Crippen LogP contribution is 2.54. The topological polar surface area (TPSA) is 52.5 Å². The molecule has 0 amide bonds. The van der Waals surface area contributed by atoms with Crippen molar-refractivity contribution in [3.05, 3.63) is 65.7 Å². The van der Waals surface area contributed by atoms with Crippen LogP contribution in [0.3, 0.4) is 0 Å². The van der Waals surface area contributed by atoms with E-state index in [1.165, 1.54) is 11.1 Å². The summed E-state index contributed by atoms with van der Waals surface area (Å²) in [6.07, 6.45) is 6.47. The number of aliphatic hydroxyl groups is 1. The maximum atomic E-state index is 10.5. The first kappa shape index (κ1) is 17.6. The molecule has 3 nitrogen and oxygen atoms in total. The summed E-state index contributed by atoms with van der Waals surface area (Å²) in [7, 11) is 0. The molecule has 2 aromatic carbocycles. The fraction of sp³-hybridized carbons (Fsp3) is 0.478. The lowest BCUT2D eigenvalue weighted by molar-refractivity contribution is -0.0249. The largest absolute Gasteiger partial charge is 0.508 e. The summed E-state index contributed by atoms with van der Waals surface area (Å²) in [5.41, 5.74) is 2.50. The molecule has 1 heterocycles. The zero-order valence-electron chi connectivity index (χ0n) is 15.3. The predicted octanol–water partition coefficient (Wildman–Crippen LogP) is 3.79. The van der Waals surface area contributed by atoms with E-state index in [1.807, 2.05) is 12.1 Å². The third-order valence-corrected chi connectivity index (χ3v) is 6.93. The second kappa shape index (κ2) is 7.05. The Morgan fingerprint density at radius 3 is 2.62 bits per heavy atom. The van der Waals surface area contributed by atoms with Gasteiger partial charge in [-0.25, -0.2) is 0 Å². The maximum Gasteiger partial charge on any atom is 0.115 e. The quantitative estimate of drug-likeness (QED) is 0.768. The molecule has 3 atom stereocenters. The number of piperidine rings is 1. The molecule has 2 aliphatic rings. The van der Waals surface area contributed by atoms with Gasteiger partial charge in [0.05, 0.1) is 0 Å². The highest BCUT2D eigenvalue weighted by atomic mass is 16.3. The first-order valence-electron chi connectivity index (χ1n) is 9.88. The van der Waals surface area contributed by atoms with Gasteiger partial charge in [0.2, 0.25) is 0 Å². The van der Waals surface area contributed by atoms with Crippen molar-refractivity contribution in [1.82, 2.24) is 5.32 Å². The maximum absolute atomic E-state index is 10.5. The monoisotopic (exact) mass is 351 g/mol. The van der Waals surface area contributed by atoms with Crippen LogP contribution in [0.2, 0.25) is 0 Å². The first-order valence-corrected chi connectivity index (χ1v) is 9.88. The van der Waals surface area contributed by atoms with Crippen molar-refractivity contribution in [1.29, 1.82) is 0 Å². The molecule has 0 aromatic heterocycles. The van der Waals surface area contributed by atoms with E-state index >= 15 is 0 Å². The van der Waals surface area contributed by atoms with Crippen molar-refractivity contribution in [3.63, 3.8) is 0 Å². The van der Waals surface area contributed by atoms with Gasteiger partial charge in [0, 0.05) is 23.5 Å². The summed E-state index contributed by atoms with van der Waals surface area (Å²) in [5.74, 6) is 0.510. The molecule has 26 heavy (non-hydrogen) atoms. The molecule has 3 heteroatoms. The number of aryl methyl sites for hydroxylation is 1. The van der Waals surface area contributed by atoms with Crippen LogP contribution in [0.5, 0.6) is 5.75 Å². The Kier molecular flexibility index (Phi) is 4.76. The van der Waals surface area contributed by atoms with Gasteiger partial charge in [-0.2, -0.15) is 0 Å². The van der Waals surface area contributed by atoms with Crippen LogP contribution in [-0.4, -0.2) is 28.9 Å². The van der Waals surface area contributed by atoms with E-state index < -0.39 is 0 Å². The Labute approximate surface area is 156 Å². The van der Waals surface area contributed by atoms with Crippen molar-refractivity contribution in [2.45, 2.75) is 49.5 Å². The average molecular weight is 351 g/mol. The number of hydrogen-bond donors (Lipinski definition) is 3. The molecule has 0 spiro atoms. The van der Waals surface area contributed by atoms with Crippen LogP contribution in [0.1, 0.15) is 43.2 Å². The van der Waals surface area contributed by atoms with Crippen molar-refractivity contribution < 1.29 is 10.2 Å². The Bertz CT molecular complexity index is 733. The molecule has 4 rings (SSSR count). The number of nitrogens with one attached hydrogen (secondary N) is 1. The van der Waals surface area contributed by atoms with Gasteiger partial charge < -0.3 is 15.5 Å². The number of fused-ring (bicyclic) bond motifs is 2. The second-order valence-corrected chi connectivity index (χ2v) is 8.11. The summed E-state index contributed by atoms with van der Waals surface area (Å²) in [6, 6.07) is 18.4. The van der Waals surface area contributed by atoms with Crippen LogP contribution in [0.15, 0.2) is 54.6 Å². The molecule has 0 radical (unpaired) electrons. The minimum Gasteiger partial charge on any atom is -0.508 e. The summed E-state index contributed by atoms with van der Waals surface area (Å²) < 4.78 is 0. The zero-order valence-corrected chi connectivity index (χ0v) is 15.3. The van der Waals surface area contributed by atoms with Gasteiger partial charge in [-0.3, -0.25) is 0 Å². The Balaban J connectivity index is 1.67. The highest BCUT2D eigenvalue weighted by Gasteiger charge is 2.55. The first-order chi connectivity index (χ1) is 12.7. The standard InChI is InChI=1S/C23H29NO2/c25-17-21-22(19-8-4-9-20(26)16-19)11-5-12-23(21,24-15-14-22)13-10-18-6-2-1-3-7-18/h1-4,6-9,16,21,24-26H,5,10-15,17H2. The SMILES string of the molecule is OCC1C2(CCc3ccccc3)CCCC1(c1cccc(O)c1)CCN2. The molecular formula is C23H29NO2. The van der Waals surface area contributed by atoms with E-state index in [9.17, 15) is 10.2 Å². The lowest BCUT2D eigenvalue weighted by Gasteiger charge is -2.59. The van der Waals surface area contributed by atoms with Crippen LogP contribution in [0.25, 0.3) is 0 Å². The van der Waals surface area contributed by atoms with E-state index in [2.05, 4.69) is 41.7 Å². The van der Waals surface area contributed by atoms with E-state index in [1.54, 1.807) is 6.07 Å². The van der Waals surface area contributed by atoms with Gasteiger partial charge in [-0.05, 0) is 61.9 Å². The molecule has 1 aliphatic carbocycles. The molecule has 138 valence electrons. The lowest BCUT2D eigenvalue weighted by Crippen LogP contribution is -2.67. The molecule has 3 N–H and O–H groups in total. The van der Waals surface area contributed by atoms with Crippen molar-refractivity contribution in [2.75, 3.05) is 13.2 Å². The molecule has 2 fully saturated rings. The van der Waals surface area contributed by atoms with E-state index in [4.69, 9.17) is 0 Å². The van der Waals surface area contributed by atoms with Gasteiger partial charge in [0.15, 0.2) is 0 Å². The molecule has 1 saturated heterocycles. The lowest BCUT2D eigenvalue weighted by atomic mass is 9.51. The second-order valence-electron chi connectivity index (χ2n) is 8.11. The van der Waals surface area contributed by atoms with E-state index in [0.29, 0.717) is 5.75 Å².